The molecule has 46 heavy (non-hydrogen) atoms. The van der Waals surface area contributed by atoms with Crippen molar-refractivity contribution in [1.82, 2.24) is 5.32 Å². The number of aliphatic carboxylic acids is 1. The molecule has 0 bridgehead atoms. The highest BCUT2D eigenvalue weighted by atomic mass is 127. The van der Waals surface area contributed by atoms with Gasteiger partial charge in [0.2, 0.25) is 0 Å². The van der Waals surface area contributed by atoms with Gasteiger partial charge in [-0.15, -0.1) is 0 Å². The maximum Gasteiger partial charge on any atom is 0.321 e. The van der Waals surface area contributed by atoms with Crippen LogP contribution in [0.5, 0.6) is 17.2 Å². The quantitative estimate of drug-likeness (QED) is 0.131. The number of ether oxygens (including phenoxy) is 4. The zero-order valence-electron chi connectivity index (χ0n) is 23.4. The Labute approximate surface area is 316 Å². The topological polar surface area (TPSA) is 248 Å². The summed E-state index contributed by atoms with van der Waals surface area (Å²) in [6.07, 6.45) is -16.3. The minimum absolute atomic E-state index is 0.0755. The highest BCUT2D eigenvalue weighted by molar-refractivity contribution is 14.1. The summed E-state index contributed by atoms with van der Waals surface area (Å²) >= 11 is 8.13. The summed E-state index contributed by atoms with van der Waals surface area (Å²) in [7, 11) is 0. The summed E-state index contributed by atoms with van der Waals surface area (Å²) in [5.41, 5.74) is 0.601. The van der Waals surface area contributed by atoms with E-state index in [2.05, 4.69) is 50.5 Å². The lowest BCUT2D eigenvalue weighted by atomic mass is 9.96. The molecular formula is C27H31I4NO14. The first-order valence-corrected chi connectivity index (χ1v) is 17.9. The van der Waals surface area contributed by atoms with Gasteiger partial charge in [0.05, 0.1) is 27.5 Å². The van der Waals surface area contributed by atoms with Gasteiger partial charge < -0.3 is 64.9 Å². The molecule has 0 radical (unpaired) electrons. The molecule has 4 rings (SSSR count). The van der Waals surface area contributed by atoms with E-state index in [4.69, 9.17) is 18.9 Å². The number of phenolic OH excluding ortho intramolecular Hbond substituents is 1. The van der Waals surface area contributed by atoms with Gasteiger partial charge in [0.25, 0.3) is 0 Å². The number of hydrogen-bond acceptors (Lipinski definition) is 14. The molecule has 0 saturated carbocycles. The second kappa shape index (κ2) is 16.8. The number of carboxylic acids is 1. The summed E-state index contributed by atoms with van der Waals surface area (Å²) in [5, 5.41) is 94.3. The number of hydrogen-bond donors (Lipinski definition) is 10. The fourth-order valence-corrected chi connectivity index (χ4v) is 8.75. The summed E-state index contributed by atoms with van der Waals surface area (Å²) in [5.74, 6) is -0.0895. The molecule has 0 aliphatic carbocycles. The Bertz CT molecular complexity index is 1340. The third kappa shape index (κ3) is 8.82. The molecule has 2 saturated heterocycles. The van der Waals surface area contributed by atoms with Crippen LogP contribution < -0.4 is 10.1 Å². The molecule has 1 unspecified atom stereocenters. The van der Waals surface area contributed by atoms with Gasteiger partial charge in [-0.05, 0) is 127 Å². The highest BCUT2D eigenvalue weighted by Gasteiger charge is 2.50. The molecule has 2 aromatic rings. The van der Waals surface area contributed by atoms with Gasteiger partial charge in [-0.3, -0.25) is 10.1 Å². The molecule has 2 aromatic carbocycles. The predicted octanol–water partition coefficient (Wildman–Crippen LogP) is -0.188. The van der Waals surface area contributed by atoms with Crippen molar-refractivity contribution in [3.63, 3.8) is 0 Å². The average molecular weight is 1100 g/mol. The molecule has 15 nitrogen and oxygen atoms in total. The maximum absolute atomic E-state index is 12.3. The number of aliphatic hydroxyl groups excluding tert-OH is 7. The van der Waals surface area contributed by atoms with E-state index in [-0.39, 0.29) is 12.2 Å². The first-order chi connectivity index (χ1) is 21.7. The van der Waals surface area contributed by atoms with E-state index in [1.807, 2.05) is 45.2 Å². The van der Waals surface area contributed by atoms with E-state index in [1.54, 1.807) is 24.3 Å². The van der Waals surface area contributed by atoms with Crippen LogP contribution >= 0.6 is 90.4 Å². The monoisotopic (exact) mass is 1100 g/mol. The van der Waals surface area contributed by atoms with Gasteiger partial charge in [0, 0.05) is 0 Å². The Morgan fingerprint density at radius 2 is 1.39 bits per heavy atom. The van der Waals surface area contributed by atoms with Gasteiger partial charge in [-0.25, -0.2) is 0 Å². The maximum atomic E-state index is 12.3. The summed E-state index contributed by atoms with van der Waals surface area (Å²) < 4.78 is 25.2. The van der Waals surface area contributed by atoms with E-state index in [0.717, 1.165) is 0 Å². The molecule has 11 atom stereocenters. The largest absolute Gasteiger partial charge is 0.506 e. The number of aromatic hydroxyl groups is 1. The second-order valence-electron chi connectivity index (χ2n) is 10.5. The average Bonchev–Trinajstić information content (AvgIpc) is 3.00. The van der Waals surface area contributed by atoms with Crippen molar-refractivity contribution in [3.8, 4) is 17.2 Å². The molecule has 2 heterocycles. The van der Waals surface area contributed by atoms with Crippen LogP contribution in [0.15, 0.2) is 24.3 Å². The molecular weight excluding hydrogens is 1070 g/mol. The van der Waals surface area contributed by atoms with E-state index >= 15 is 0 Å². The Kier molecular flexibility index (Phi) is 14.2. The van der Waals surface area contributed by atoms with E-state index in [9.17, 15) is 50.8 Å². The van der Waals surface area contributed by atoms with Gasteiger partial charge in [-0.2, -0.15) is 0 Å². The Balaban J connectivity index is 1.46. The number of halogens is 4. The number of nitrogens with one attached hydrogen (secondary N) is 1. The number of aliphatic hydroxyl groups is 7. The summed E-state index contributed by atoms with van der Waals surface area (Å²) in [6, 6.07) is 5.52. The minimum Gasteiger partial charge on any atom is -0.506 e. The normalized spacial score (nSPS) is 32.2. The highest BCUT2D eigenvalue weighted by Crippen LogP contribution is 2.37. The molecule has 2 aliphatic heterocycles. The van der Waals surface area contributed by atoms with Crippen LogP contribution in [0.4, 0.5) is 0 Å². The zero-order chi connectivity index (χ0) is 34.0. The Morgan fingerprint density at radius 3 is 1.93 bits per heavy atom. The molecule has 0 amide bonds. The van der Waals surface area contributed by atoms with Crippen molar-refractivity contribution in [2.75, 3.05) is 13.2 Å². The lowest BCUT2D eigenvalue weighted by Crippen LogP contribution is -2.67. The van der Waals surface area contributed by atoms with Crippen molar-refractivity contribution >= 4 is 96.3 Å². The van der Waals surface area contributed by atoms with Gasteiger partial charge in [-0.1, -0.05) is 0 Å². The van der Waals surface area contributed by atoms with Crippen molar-refractivity contribution in [3.05, 3.63) is 44.1 Å². The SMILES string of the molecule is O=C(O)[C@H](Cc1cc(I)c(Oc2cc(I)c(O)c(I)c2)c(I)c1)N[C@@H]1O[C@H](CO)[C@@H](O[C@@H]2O[C@H](CO)[C@H](O)[C@H](O)[C@H]2O)C(O)[C@H]1O. The van der Waals surface area contributed by atoms with E-state index < -0.39 is 86.6 Å². The van der Waals surface area contributed by atoms with Crippen LogP contribution in [0, 0.1) is 14.3 Å². The molecule has 2 fully saturated rings. The third-order valence-corrected chi connectivity index (χ3v) is 10.6. The first kappa shape index (κ1) is 38.8. The number of benzene rings is 2. The standard InChI is InChI=1S/C27H31I4NO14/c28-10-4-9(5-11(29)17(10)35)43-23-12(30)1-8(2-13(23)31)3-14(26(41)42)32-25-21(39)20(38)24(16(7-34)44-25)46-27-22(40)19(37)18(36)15(6-33)45-27/h1-2,4-5,14-16,18-22,24-25,27,32-40H,3,6-7H2,(H,41,42)/t14-,15+,16+,18-,19-,20?,21+,22+,24+,25+,27-/m0/s1. The van der Waals surface area contributed by atoms with Crippen LogP contribution in [0.3, 0.4) is 0 Å². The molecule has 0 spiro atoms. The van der Waals surface area contributed by atoms with Crippen molar-refractivity contribution in [2.24, 2.45) is 0 Å². The molecule has 0 aromatic heterocycles. The van der Waals surface area contributed by atoms with E-state index in [0.29, 0.717) is 31.3 Å². The minimum atomic E-state index is -1.82. The Hall–Kier alpha value is -0.0100. The van der Waals surface area contributed by atoms with Crippen LogP contribution in [-0.4, -0.2) is 133 Å². The van der Waals surface area contributed by atoms with Gasteiger partial charge in [0.15, 0.2) is 12.0 Å². The van der Waals surface area contributed by atoms with E-state index in [1.165, 1.54) is 0 Å². The number of carbonyl (C=O) groups is 1. The third-order valence-electron chi connectivity index (χ3n) is 7.38. The molecule has 10 N–H and O–H groups in total. The van der Waals surface area contributed by atoms with Crippen LogP contribution in [0.2, 0.25) is 0 Å². The van der Waals surface area contributed by atoms with Gasteiger partial charge in [0.1, 0.15) is 72.6 Å². The van der Waals surface area contributed by atoms with Crippen LogP contribution in [0.1, 0.15) is 5.56 Å². The smallest absolute Gasteiger partial charge is 0.321 e. The van der Waals surface area contributed by atoms with Crippen molar-refractivity contribution in [1.29, 1.82) is 0 Å². The number of phenols is 1. The fourth-order valence-electron chi connectivity index (χ4n) is 4.93. The summed E-state index contributed by atoms with van der Waals surface area (Å²) in [4.78, 5) is 12.3. The Morgan fingerprint density at radius 1 is 0.804 bits per heavy atom. The molecule has 19 heteroatoms. The van der Waals surface area contributed by atoms with Crippen LogP contribution in [0.25, 0.3) is 0 Å². The zero-order valence-corrected chi connectivity index (χ0v) is 32.0. The first-order valence-electron chi connectivity index (χ1n) is 13.6. The van der Waals surface area contributed by atoms with Crippen molar-refractivity contribution in [2.45, 2.75) is 73.8 Å². The van der Waals surface area contributed by atoms with Gasteiger partial charge >= 0.3 is 5.97 Å². The lowest BCUT2D eigenvalue weighted by Gasteiger charge is -2.46. The molecule has 256 valence electrons. The van der Waals surface area contributed by atoms with Crippen molar-refractivity contribution < 1.29 is 69.7 Å². The number of rotatable bonds is 11. The lowest BCUT2D eigenvalue weighted by molar-refractivity contribution is -0.343. The number of carboxylic acid groups (broad SMARTS) is 1. The molecule has 2 aliphatic rings. The van der Waals surface area contributed by atoms with Crippen LogP contribution in [-0.2, 0) is 25.4 Å². The summed E-state index contributed by atoms with van der Waals surface area (Å²) in [6.45, 7) is -1.49. The second-order valence-corrected chi connectivity index (χ2v) is 15.2. The predicted molar refractivity (Wildman–Crippen MR) is 190 cm³/mol. The fraction of sp³-hybridized carbons (Fsp3) is 0.519.